The van der Waals surface area contributed by atoms with Crippen LogP contribution in [0.4, 0.5) is 0 Å². The van der Waals surface area contributed by atoms with Gasteiger partial charge in [-0.25, -0.2) is 0 Å². The van der Waals surface area contributed by atoms with Gasteiger partial charge in [-0.15, -0.1) is 0 Å². The maximum absolute atomic E-state index is 12.4. The molecule has 6 nitrogen and oxygen atoms in total. The number of carboxylic acids is 1. The Bertz CT molecular complexity index is 637. The molecular weight excluding hydrogens is 282 g/mol. The quantitative estimate of drug-likeness (QED) is 0.815. The first-order chi connectivity index (χ1) is 10.6. The largest absolute Gasteiger partial charge is 0.480 e. The van der Waals surface area contributed by atoms with E-state index in [1.807, 2.05) is 37.3 Å². The Morgan fingerprint density at radius 2 is 2.00 bits per heavy atom. The zero-order chi connectivity index (χ0) is 15.9. The van der Waals surface area contributed by atoms with Gasteiger partial charge in [0.1, 0.15) is 12.2 Å². The molecule has 0 atom stereocenters. The van der Waals surface area contributed by atoms with E-state index < -0.39 is 5.97 Å². The van der Waals surface area contributed by atoms with Gasteiger partial charge in [0.15, 0.2) is 0 Å². The lowest BCUT2D eigenvalue weighted by molar-refractivity contribution is -0.137. The lowest BCUT2D eigenvalue weighted by atomic mass is 10.1. The monoisotopic (exact) mass is 301 g/mol. The molecule has 0 saturated carbocycles. The highest BCUT2D eigenvalue weighted by atomic mass is 16.4. The minimum atomic E-state index is -1.03. The van der Waals surface area contributed by atoms with E-state index in [0.717, 1.165) is 17.7 Å². The second kappa shape index (κ2) is 7.40. The zero-order valence-electron chi connectivity index (χ0n) is 12.5. The highest BCUT2D eigenvalue weighted by Gasteiger charge is 2.20. The number of aryl methyl sites for hydroxylation is 1. The number of hydrogen-bond acceptors (Lipinski definition) is 3. The Kier molecular flexibility index (Phi) is 5.30. The Morgan fingerprint density at radius 1 is 1.27 bits per heavy atom. The van der Waals surface area contributed by atoms with E-state index in [2.05, 4.69) is 10.2 Å². The minimum absolute atomic E-state index is 0.256. The molecule has 6 heteroatoms. The van der Waals surface area contributed by atoms with Crippen LogP contribution in [0.1, 0.15) is 28.7 Å². The van der Waals surface area contributed by atoms with Gasteiger partial charge < -0.3 is 10.0 Å². The van der Waals surface area contributed by atoms with Crippen molar-refractivity contribution in [2.75, 3.05) is 13.1 Å². The molecule has 116 valence electrons. The van der Waals surface area contributed by atoms with E-state index in [4.69, 9.17) is 5.11 Å². The first-order valence-corrected chi connectivity index (χ1v) is 7.19. The van der Waals surface area contributed by atoms with Crippen LogP contribution in [0.25, 0.3) is 0 Å². The average Bonchev–Trinajstić information content (AvgIpc) is 3.00. The van der Waals surface area contributed by atoms with Gasteiger partial charge in [0.25, 0.3) is 5.91 Å². The number of carboxylic acid groups (broad SMARTS) is 1. The fraction of sp³-hybridized carbons (Fsp3) is 0.312. The molecule has 0 saturated heterocycles. The van der Waals surface area contributed by atoms with E-state index in [-0.39, 0.29) is 18.1 Å². The second-order valence-corrected chi connectivity index (χ2v) is 4.99. The van der Waals surface area contributed by atoms with Crippen LogP contribution in [0.5, 0.6) is 0 Å². The lowest BCUT2D eigenvalue weighted by Crippen LogP contribution is -2.37. The third kappa shape index (κ3) is 4.18. The van der Waals surface area contributed by atoms with E-state index in [0.29, 0.717) is 13.0 Å². The van der Waals surface area contributed by atoms with Crippen molar-refractivity contribution in [3.8, 4) is 0 Å². The van der Waals surface area contributed by atoms with Crippen molar-refractivity contribution in [3.05, 3.63) is 53.3 Å². The van der Waals surface area contributed by atoms with Crippen LogP contribution in [0.15, 0.2) is 36.4 Å². The molecule has 2 rings (SSSR count). The van der Waals surface area contributed by atoms with Crippen LogP contribution in [-0.2, 0) is 17.6 Å². The molecule has 1 aromatic heterocycles. The van der Waals surface area contributed by atoms with Crippen molar-refractivity contribution in [1.82, 2.24) is 15.1 Å². The van der Waals surface area contributed by atoms with Crippen molar-refractivity contribution < 1.29 is 14.7 Å². The van der Waals surface area contributed by atoms with Crippen LogP contribution in [0, 0.1) is 0 Å². The predicted octanol–water partition coefficient (Wildman–Crippen LogP) is 1.74. The number of aromatic amines is 1. The van der Waals surface area contributed by atoms with Crippen molar-refractivity contribution in [2.45, 2.75) is 19.8 Å². The average molecular weight is 301 g/mol. The van der Waals surface area contributed by atoms with Gasteiger partial charge in [0, 0.05) is 12.2 Å². The summed E-state index contributed by atoms with van der Waals surface area (Å²) >= 11 is 0. The molecule has 0 fully saturated rings. The summed E-state index contributed by atoms with van der Waals surface area (Å²) in [6.45, 7) is 1.95. The number of hydrogen-bond donors (Lipinski definition) is 2. The first-order valence-electron chi connectivity index (χ1n) is 7.19. The summed E-state index contributed by atoms with van der Waals surface area (Å²) in [4.78, 5) is 24.7. The number of carbonyl (C=O) groups excluding carboxylic acids is 1. The summed E-state index contributed by atoms with van der Waals surface area (Å²) in [5, 5.41) is 15.7. The standard InChI is InChI=1S/C16H19N3O3/c1-2-13-10-14(18-17-13)16(22)19(11-15(20)21)9-8-12-6-4-3-5-7-12/h3-7,10H,2,8-9,11H2,1H3,(H,17,18)(H,20,21). The maximum atomic E-state index is 12.4. The molecule has 1 aromatic carbocycles. The Morgan fingerprint density at radius 3 is 2.59 bits per heavy atom. The summed E-state index contributed by atoms with van der Waals surface area (Å²) in [7, 11) is 0. The molecule has 0 aliphatic rings. The fourth-order valence-corrected chi connectivity index (χ4v) is 2.14. The number of H-pyrrole nitrogens is 1. The van der Waals surface area contributed by atoms with E-state index in [1.165, 1.54) is 4.90 Å². The molecular formula is C16H19N3O3. The third-order valence-corrected chi connectivity index (χ3v) is 3.36. The molecule has 0 spiro atoms. The van der Waals surface area contributed by atoms with Gasteiger partial charge in [0.2, 0.25) is 0 Å². The molecule has 0 unspecified atom stereocenters. The van der Waals surface area contributed by atoms with Crippen LogP contribution >= 0.6 is 0 Å². The number of amides is 1. The minimum Gasteiger partial charge on any atom is -0.480 e. The molecule has 0 radical (unpaired) electrons. The van der Waals surface area contributed by atoms with Crippen LogP contribution < -0.4 is 0 Å². The highest BCUT2D eigenvalue weighted by molar-refractivity contribution is 5.94. The Labute approximate surface area is 128 Å². The Hall–Kier alpha value is -2.63. The van der Waals surface area contributed by atoms with E-state index in [1.54, 1.807) is 6.07 Å². The molecule has 0 aliphatic heterocycles. The topological polar surface area (TPSA) is 86.3 Å². The summed E-state index contributed by atoms with van der Waals surface area (Å²) in [6.07, 6.45) is 1.34. The van der Waals surface area contributed by atoms with E-state index >= 15 is 0 Å². The van der Waals surface area contributed by atoms with Crippen molar-refractivity contribution in [3.63, 3.8) is 0 Å². The molecule has 0 aliphatic carbocycles. The number of nitrogens with zero attached hydrogens (tertiary/aromatic N) is 2. The number of nitrogens with one attached hydrogen (secondary N) is 1. The van der Waals surface area contributed by atoms with E-state index in [9.17, 15) is 9.59 Å². The number of carbonyl (C=O) groups is 2. The van der Waals surface area contributed by atoms with Gasteiger partial charge in [-0.05, 0) is 24.5 Å². The molecule has 2 N–H and O–H groups in total. The second-order valence-electron chi connectivity index (χ2n) is 4.99. The predicted molar refractivity (Wildman–Crippen MR) is 81.7 cm³/mol. The van der Waals surface area contributed by atoms with Crippen LogP contribution in [0.2, 0.25) is 0 Å². The molecule has 1 amide bonds. The van der Waals surface area contributed by atoms with Crippen LogP contribution in [0.3, 0.4) is 0 Å². The SMILES string of the molecule is CCc1cc(C(=O)N(CCc2ccccc2)CC(=O)O)n[nH]1. The lowest BCUT2D eigenvalue weighted by Gasteiger charge is -2.19. The van der Waals surface area contributed by atoms with Crippen molar-refractivity contribution >= 4 is 11.9 Å². The normalized spacial score (nSPS) is 10.4. The number of aliphatic carboxylic acids is 1. The van der Waals surface area contributed by atoms with Crippen molar-refractivity contribution in [2.24, 2.45) is 0 Å². The summed E-state index contributed by atoms with van der Waals surface area (Å²) in [5.41, 5.74) is 2.16. The van der Waals surface area contributed by atoms with Gasteiger partial charge in [-0.3, -0.25) is 14.7 Å². The summed E-state index contributed by atoms with van der Waals surface area (Å²) in [5.74, 6) is -1.40. The fourth-order valence-electron chi connectivity index (χ4n) is 2.14. The number of rotatable bonds is 7. The molecule has 1 heterocycles. The first kappa shape index (κ1) is 15.8. The smallest absolute Gasteiger partial charge is 0.323 e. The van der Waals surface area contributed by atoms with Crippen LogP contribution in [-0.4, -0.2) is 45.2 Å². The molecule has 2 aromatic rings. The van der Waals surface area contributed by atoms with Gasteiger partial charge in [-0.1, -0.05) is 37.3 Å². The van der Waals surface area contributed by atoms with Crippen molar-refractivity contribution in [1.29, 1.82) is 0 Å². The summed E-state index contributed by atoms with van der Waals surface area (Å²) in [6, 6.07) is 11.3. The Balaban J connectivity index is 2.07. The number of aromatic nitrogens is 2. The van der Waals surface area contributed by atoms with Gasteiger partial charge in [-0.2, -0.15) is 5.10 Å². The number of benzene rings is 1. The van der Waals surface area contributed by atoms with Gasteiger partial charge in [0.05, 0.1) is 0 Å². The maximum Gasteiger partial charge on any atom is 0.323 e. The molecule has 0 bridgehead atoms. The van der Waals surface area contributed by atoms with Gasteiger partial charge >= 0.3 is 5.97 Å². The highest BCUT2D eigenvalue weighted by Crippen LogP contribution is 2.07. The third-order valence-electron chi connectivity index (χ3n) is 3.36. The molecule has 22 heavy (non-hydrogen) atoms. The zero-order valence-corrected chi connectivity index (χ0v) is 12.5. The summed E-state index contributed by atoms with van der Waals surface area (Å²) < 4.78 is 0.